The first-order valence-corrected chi connectivity index (χ1v) is 7.35. The van der Waals surface area contributed by atoms with Crippen molar-refractivity contribution in [1.82, 2.24) is 4.90 Å². The van der Waals surface area contributed by atoms with Crippen molar-refractivity contribution in [2.45, 2.75) is 19.6 Å². The summed E-state index contributed by atoms with van der Waals surface area (Å²) in [6.45, 7) is 2.05. The highest BCUT2D eigenvalue weighted by molar-refractivity contribution is 5.91. The SMILES string of the molecule is COCc1ccc(C(=O)N(CCCN)Cc2ccccc2)o1. The molecule has 0 fully saturated rings. The van der Waals surface area contributed by atoms with Gasteiger partial charge in [0.05, 0.1) is 0 Å². The van der Waals surface area contributed by atoms with E-state index >= 15 is 0 Å². The maximum absolute atomic E-state index is 12.6. The molecule has 0 aliphatic rings. The van der Waals surface area contributed by atoms with E-state index in [1.807, 2.05) is 30.3 Å². The molecule has 1 aromatic heterocycles. The van der Waals surface area contributed by atoms with Gasteiger partial charge in [-0.3, -0.25) is 4.79 Å². The molecule has 1 aromatic carbocycles. The lowest BCUT2D eigenvalue weighted by Crippen LogP contribution is -2.32. The predicted octanol–water partition coefficient (Wildman–Crippen LogP) is 2.42. The number of furan rings is 1. The molecule has 2 N–H and O–H groups in total. The van der Waals surface area contributed by atoms with Gasteiger partial charge in [0.15, 0.2) is 5.76 Å². The molecule has 0 saturated heterocycles. The molecule has 118 valence electrons. The number of hydrogen-bond acceptors (Lipinski definition) is 4. The van der Waals surface area contributed by atoms with Crippen molar-refractivity contribution in [2.75, 3.05) is 20.2 Å². The summed E-state index contributed by atoms with van der Waals surface area (Å²) >= 11 is 0. The fourth-order valence-corrected chi connectivity index (χ4v) is 2.21. The van der Waals surface area contributed by atoms with Crippen LogP contribution in [0.2, 0.25) is 0 Å². The first-order chi connectivity index (χ1) is 10.7. The number of benzene rings is 1. The van der Waals surface area contributed by atoms with Gasteiger partial charge in [-0.15, -0.1) is 0 Å². The smallest absolute Gasteiger partial charge is 0.289 e. The van der Waals surface area contributed by atoms with Gasteiger partial charge in [-0.05, 0) is 30.7 Å². The highest BCUT2D eigenvalue weighted by Gasteiger charge is 2.19. The van der Waals surface area contributed by atoms with Crippen LogP contribution >= 0.6 is 0 Å². The summed E-state index contributed by atoms with van der Waals surface area (Å²) in [6.07, 6.45) is 0.754. The lowest BCUT2D eigenvalue weighted by atomic mass is 10.2. The predicted molar refractivity (Wildman–Crippen MR) is 84.3 cm³/mol. The van der Waals surface area contributed by atoms with Gasteiger partial charge in [0, 0.05) is 20.2 Å². The maximum Gasteiger partial charge on any atom is 0.289 e. The number of nitrogens with two attached hydrogens (primary N) is 1. The Kier molecular flexibility index (Phi) is 6.18. The van der Waals surface area contributed by atoms with Crippen LogP contribution in [0.3, 0.4) is 0 Å². The van der Waals surface area contributed by atoms with Crippen LogP contribution in [0.25, 0.3) is 0 Å². The van der Waals surface area contributed by atoms with Crippen molar-refractivity contribution < 1.29 is 13.9 Å². The third kappa shape index (κ3) is 4.44. The molecule has 2 rings (SSSR count). The minimum absolute atomic E-state index is 0.125. The molecule has 0 aliphatic heterocycles. The van der Waals surface area contributed by atoms with Crippen LogP contribution in [-0.2, 0) is 17.9 Å². The van der Waals surface area contributed by atoms with Gasteiger partial charge in [0.1, 0.15) is 12.4 Å². The summed E-state index contributed by atoms with van der Waals surface area (Å²) < 4.78 is 10.5. The number of methoxy groups -OCH3 is 1. The van der Waals surface area contributed by atoms with E-state index in [-0.39, 0.29) is 5.91 Å². The quantitative estimate of drug-likeness (QED) is 0.813. The molecule has 0 atom stereocenters. The summed E-state index contributed by atoms with van der Waals surface area (Å²) in [7, 11) is 1.59. The Hall–Kier alpha value is -2.11. The molecule has 22 heavy (non-hydrogen) atoms. The number of carbonyl (C=O) groups excluding carboxylic acids is 1. The van der Waals surface area contributed by atoms with Crippen molar-refractivity contribution in [1.29, 1.82) is 0 Å². The normalized spacial score (nSPS) is 10.6. The lowest BCUT2D eigenvalue weighted by Gasteiger charge is -2.21. The molecule has 0 unspecified atom stereocenters. The Bertz CT molecular complexity index is 581. The van der Waals surface area contributed by atoms with Crippen molar-refractivity contribution >= 4 is 5.91 Å². The van der Waals surface area contributed by atoms with Gasteiger partial charge in [-0.1, -0.05) is 30.3 Å². The van der Waals surface area contributed by atoms with Gasteiger partial charge in [0.2, 0.25) is 0 Å². The molecular formula is C17H22N2O3. The van der Waals surface area contributed by atoms with Crippen LogP contribution in [0.5, 0.6) is 0 Å². The van der Waals surface area contributed by atoms with Gasteiger partial charge in [0.25, 0.3) is 5.91 Å². The molecule has 0 bridgehead atoms. The number of hydrogen-bond donors (Lipinski definition) is 1. The van der Waals surface area contributed by atoms with Gasteiger partial charge in [-0.25, -0.2) is 0 Å². The van der Waals surface area contributed by atoms with Crippen molar-refractivity contribution in [3.63, 3.8) is 0 Å². The number of rotatable bonds is 8. The second-order valence-corrected chi connectivity index (χ2v) is 5.05. The number of amides is 1. The summed E-state index contributed by atoms with van der Waals surface area (Å²) in [5.41, 5.74) is 6.65. The monoisotopic (exact) mass is 302 g/mol. The van der Waals surface area contributed by atoms with Crippen LogP contribution < -0.4 is 5.73 Å². The molecule has 0 radical (unpaired) electrons. The zero-order valence-corrected chi connectivity index (χ0v) is 12.8. The molecule has 1 heterocycles. The largest absolute Gasteiger partial charge is 0.453 e. The molecule has 1 amide bonds. The van der Waals surface area contributed by atoms with E-state index in [4.69, 9.17) is 14.9 Å². The van der Waals surface area contributed by atoms with E-state index in [1.54, 1.807) is 24.1 Å². The fraction of sp³-hybridized carbons (Fsp3) is 0.353. The Labute approximate surface area is 130 Å². The highest BCUT2D eigenvalue weighted by atomic mass is 16.5. The Morgan fingerprint density at radius 1 is 1.23 bits per heavy atom. The topological polar surface area (TPSA) is 68.7 Å². The van der Waals surface area contributed by atoms with E-state index in [9.17, 15) is 4.79 Å². The van der Waals surface area contributed by atoms with Crippen LogP contribution in [0.15, 0.2) is 46.9 Å². The summed E-state index contributed by atoms with van der Waals surface area (Å²) in [5.74, 6) is 0.851. The van der Waals surface area contributed by atoms with Crippen molar-refractivity contribution in [3.05, 3.63) is 59.5 Å². The fourth-order valence-electron chi connectivity index (χ4n) is 2.21. The zero-order chi connectivity index (χ0) is 15.8. The zero-order valence-electron chi connectivity index (χ0n) is 12.8. The van der Waals surface area contributed by atoms with E-state index in [0.717, 1.165) is 12.0 Å². The minimum atomic E-state index is -0.125. The maximum atomic E-state index is 12.6. The molecular weight excluding hydrogens is 280 g/mol. The van der Waals surface area contributed by atoms with E-state index in [2.05, 4.69) is 0 Å². The van der Waals surface area contributed by atoms with Crippen LogP contribution in [0, 0.1) is 0 Å². The molecule has 0 aliphatic carbocycles. The molecule has 5 heteroatoms. The van der Waals surface area contributed by atoms with Crippen molar-refractivity contribution in [3.8, 4) is 0 Å². The molecule has 5 nitrogen and oxygen atoms in total. The van der Waals surface area contributed by atoms with E-state index in [1.165, 1.54) is 0 Å². The average Bonchev–Trinajstić information content (AvgIpc) is 3.01. The number of nitrogens with zero attached hydrogens (tertiary/aromatic N) is 1. The third-order valence-corrected chi connectivity index (χ3v) is 3.29. The third-order valence-electron chi connectivity index (χ3n) is 3.29. The van der Waals surface area contributed by atoms with Gasteiger partial charge in [-0.2, -0.15) is 0 Å². The summed E-state index contributed by atoms with van der Waals surface area (Å²) in [5, 5.41) is 0. The Morgan fingerprint density at radius 3 is 2.68 bits per heavy atom. The first-order valence-electron chi connectivity index (χ1n) is 7.35. The lowest BCUT2D eigenvalue weighted by molar-refractivity contribution is 0.0702. The first kappa shape index (κ1) is 16.3. The number of carbonyl (C=O) groups is 1. The van der Waals surface area contributed by atoms with Crippen molar-refractivity contribution in [2.24, 2.45) is 5.73 Å². The Morgan fingerprint density at radius 2 is 2.00 bits per heavy atom. The van der Waals surface area contributed by atoms with Crippen LogP contribution in [0.1, 0.15) is 28.3 Å². The van der Waals surface area contributed by atoms with Gasteiger partial charge >= 0.3 is 0 Å². The van der Waals surface area contributed by atoms with Gasteiger partial charge < -0.3 is 19.8 Å². The Balaban J connectivity index is 2.10. The standard InChI is InChI=1S/C17H22N2O3/c1-21-13-15-8-9-16(22-15)17(20)19(11-5-10-18)12-14-6-3-2-4-7-14/h2-4,6-9H,5,10-13,18H2,1H3. The second kappa shape index (κ2) is 8.36. The van der Waals surface area contributed by atoms with Crippen LogP contribution in [0.4, 0.5) is 0 Å². The molecule has 0 saturated carbocycles. The van der Waals surface area contributed by atoms with Crippen LogP contribution in [-0.4, -0.2) is 31.0 Å². The number of ether oxygens (including phenoxy) is 1. The average molecular weight is 302 g/mol. The van der Waals surface area contributed by atoms with E-state index < -0.39 is 0 Å². The summed E-state index contributed by atoms with van der Waals surface area (Å²) in [4.78, 5) is 14.4. The second-order valence-electron chi connectivity index (χ2n) is 5.05. The highest BCUT2D eigenvalue weighted by Crippen LogP contribution is 2.14. The van der Waals surface area contributed by atoms with E-state index in [0.29, 0.717) is 37.8 Å². The minimum Gasteiger partial charge on any atom is -0.453 e. The molecule has 2 aromatic rings. The molecule has 0 spiro atoms. The summed E-state index contributed by atoms with van der Waals surface area (Å²) in [6, 6.07) is 13.3.